The maximum Gasteiger partial charge on any atom is 0.250 e. The van der Waals surface area contributed by atoms with Gasteiger partial charge in [-0.2, -0.15) is 0 Å². The van der Waals surface area contributed by atoms with Crippen molar-refractivity contribution in [1.82, 2.24) is 10.2 Å². The number of carbonyl (C=O) groups is 1. The molecule has 0 unspecified atom stereocenters. The van der Waals surface area contributed by atoms with E-state index in [1.165, 1.54) is 29.8 Å². The Hall–Kier alpha value is -2.96. The Balaban J connectivity index is 1.09. The SMILES string of the molecule is O=C(C1=Cc2ccccc2C1)N1CCC(NCCSC(c2ccc(F)cc2)c2ccc(F)cc2)CC1. The van der Waals surface area contributed by atoms with E-state index in [-0.39, 0.29) is 22.8 Å². The first kappa shape index (κ1) is 24.7. The molecule has 1 saturated heterocycles. The lowest BCUT2D eigenvalue weighted by Crippen LogP contribution is -2.45. The Morgan fingerprint density at radius 2 is 1.53 bits per heavy atom. The monoisotopic (exact) mass is 504 g/mol. The predicted octanol–water partition coefficient (Wildman–Crippen LogP) is 6.01. The van der Waals surface area contributed by atoms with Gasteiger partial charge in [0.15, 0.2) is 0 Å². The van der Waals surface area contributed by atoms with Crippen LogP contribution in [0.1, 0.15) is 40.3 Å². The Morgan fingerprint density at radius 1 is 0.917 bits per heavy atom. The minimum atomic E-state index is -0.262. The molecule has 3 aromatic carbocycles. The summed E-state index contributed by atoms with van der Waals surface area (Å²) >= 11 is 1.76. The second-order valence-corrected chi connectivity index (χ2v) is 10.6. The molecule has 1 aliphatic carbocycles. The van der Waals surface area contributed by atoms with Gasteiger partial charge in [0.1, 0.15) is 11.6 Å². The number of rotatable bonds is 8. The number of benzene rings is 3. The van der Waals surface area contributed by atoms with E-state index in [0.29, 0.717) is 6.04 Å². The van der Waals surface area contributed by atoms with Gasteiger partial charge >= 0.3 is 0 Å². The number of carbonyl (C=O) groups excluding carboxylic acids is 1. The van der Waals surface area contributed by atoms with E-state index in [1.54, 1.807) is 36.0 Å². The van der Waals surface area contributed by atoms with Crippen molar-refractivity contribution in [3.8, 4) is 0 Å². The van der Waals surface area contributed by atoms with Crippen LogP contribution >= 0.6 is 11.8 Å². The number of hydrogen-bond donors (Lipinski definition) is 1. The van der Waals surface area contributed by atoms with Crippen LogP contribution in [0.25, 0.3) is 6.08 Å². The fourth-order valence-corrected chi connectivity index (χ4v) is 6.18. The first-order chi connectivity index (χ1) is 17.6. The number of hydrogen-bond acceptors (Lipinski definition) is 3. The number of piperidine rings is 1. The molecule has 36 heavy (non-hydrogen) atoms. The van der Waals surface area contributed by atoms with E-state index in [4.69, 9.17) is 0 Å². The van der Waals surface area contributed by atoms with Crippen molar-refractivity contribution >= 4 is 23.7 Å². The molecule has 0 aromatic heterocycles. The van der Waals surface area contributed by atoms with Crippen molar-refractivity contribution < 1.29 is 13.6 Å². The van der Waals surface area contributed by atoms with Gasteiger partial charge in [0.25, 0.3) is 0 Å². The minimum Gasteiger partial charge on any atom is -0.339 e. The van der Waals surface area contributed by atoms with Crippen LogP contribution in [0.3, 0.4) is 0 Å². The zero-order chi connectivity index (χ0) is 24.9. The lowest BCUT2D eigenvalue weighted by Gasteiger charge is -2.33. The third kappa shape index (κ3) is 5.88. The smallest absolute Gasteiger partial charge is 0.250 e. The summed E-state index contributed by atoms with van der Waals surface area (Å²) in [5, 5.41) is 3.66. The fourth-order valence-electron chi connectivity index (χ4n) is 5.01. The molecule has 0 atom stereocenters. The summed E-state index contributed by atoms with van der Waals surface area (Å²) in [7, 11) is 0. The van der Waals surface area contributed by atoms with Crippen LogP contribution in [0.15, 0.2) is 78.4 Å². The third-order valence-corrected chi connectivity index (χ3v) is 8.31. The highest BCUT2D eigenvalue weighted by Crippen LogP contribution is 2.35. The Kier molecular flexibility index (Phi) is 7.83. The zero-order valence-electron chi connectivity index (χ0n) is 20.1. The average Bonchev–Trinajstić information content (AvgIpc) is 3.35. The molecule has 186 valence electrons. The standard InChI is InChI=1S/C30H30F2N2OS/c31-26-9-5-21(6-10-26)29(22-7-11-27(32)12-8-22)36-18-15-33-28-13-16-34(17-14-28)30(35)25-19-23-3-1-2-4-24(23)20-25/h1-12,19,28-29,33H,13-18,20H2. The third-order valence-electron chi connectivity index (χ3n) is 6.99. The molecule has 3 aromatic rings. The lowest BCUT2D eigenvalue weighted by atomic mass is 10.0. The van der Waals surface area contributed by atoms with Crippen molar-refractivity contribution in [2.75, 3.05) is 25.4 Å². The second-order valence-electron chi connectivity index (χ2n) is 9.42. The van der Waals surface area contributed by atoms with Crippen LogP contribution in [0.4, 0.5) is 8.78 Å². The summed E-state index contributed by atoms with van der Waals surface area (Å²) in [6.45, 7) is 2.37. The normalized spacial score (nSPS) is 15.8. The van der Waals surface area contributed by atoms with E-state index < -0.39 is 0 Å². The fraction of sp³-hybridized carbons (Fsp3) is 0.300. The molecule has 0 radical (unpaired) electrons. The van der Waals surface area contributed by atoms with Gasteiger partial charge in [-0.1, -0.05) is 48.5 Å². The second kappa shape index (κ2) is 11.4. The van der Waals surface area contributed by atoms with E-state index in [1.807, 2.05) is 23.1 Å². The van der Waals surface area contributed by atoms with Crippen molar-refractivity contribution in [1.29, 1.82) is 0 Å². The highest BCUT2D eigenvalue weighted by atomic mass is 32.2. The molecule has 1 aliphatic heterocycles. The molecule has 1 N–H and O–H groups in total. The molecule has 2 aliphatic rings. The number of nitrogens with zero attached hydrogens (tertiary/aromatic N) is 1. The average molecular weight is 505 g/mol. The van der Waals surface area contributed by atoms with E-state index in [2.05, 4.69) is 17.4 Å². The van der Waals surface area contributed by atoms with Crippen LogP contribution < -0.4 is 5.32 Å². The molecular weight excluding hydrogens is 474 g/mol. The van der Waals surface area contributed by atoms with Gasteiger partial charge in [-0.15, -0.1) is 11.8 Å². The van der Waals surface area contributed by atoms with E-state index in [0.717, 1.165) is 66.9 Å². The maximum atomic E-state index is 13.5. The Labute approximate surface area is 215 Å². The number of fused-ring (bicyclic) bond motifs is 1. The molecule has 0 spiro atoms. The molecular formula is C30H30F2N2OS. The van der Waals surface area contributed by atoms with Crippen molar-refractivity contribution in [3.63, 3.8) is 0 Å². The molecule has 0 saturated carbocycles. The minimum absolute atomic E-state index is 0.0104. The van der Waals surface area contributed by atoms with E-state index >= 15 is 0 Å². The van der Waals surface area contributed by atoms with Crippen LogP contribution in [-0.4, -0.2) is 42.2 Å². The van der Waals surface area contributed by atoms with Crippen LogP contribution in [0.5, 0.6) is 0 Å². The van der Waals surface area contributed by atoms with Gasteiger partial charge < -0.3 is 10.2 Å². The highest BCUT2D eigenvalue weighted by molar-refractivity contribution is 7.99. The van der Waals surface area contributed by atoms with Crippen LogP contribution in [0.2, 0.25) is 0 Å². The molecule has 1 heterocycles. The highest BCUT2D eigenvalue weighted by Gasteiger charge is 2.27. The maximum absolute atomic E-state index is 13.5. The summed E-state index contributed by atoms with van der Waals surface area (Å²) in [5.74, 6) is 0.509. The van der Waals surface area contributed by atoms with Gasteiger partial charge in [0.2, 0.25) is 5.91 Å². The number of amides is 1. The summed E-state index contributed by atoms with van der Waals surface area (Å²) in [6, 6.07) is 21.7. The van der Waals surface area contributed by atoms with Crippen LogP contribution in [0, 0.1) is 11.6 Å². The number of thioether (sulfide) groups is 1. The molecule has 5 rings (SSSR count). The number of nitrogens with one attached hydrogen (secondary N) is 1. The van der Waals surface area contributed by atoms with Gasteiger partial charge in [-0.3, -0.25) is 4.79 Å². The predicted molar refractivity (Wildman–Crippen MR) is 143 cm³/mol. The largest absolute Gasteiger partial charge is 0.339 e. The van der Waals surface area contributed by atoms with Gasteiger partial charge in [0, 0.05) is 43.4 Å². The number of halogens is 2. The van der Waals surface area contributed by atoms with Crippen LogP contribution in [-0.2, 0) is 11.2 Å². The van der Waals surface area contributed by atoms with Gasteiger partial charge in [-0.25, -0.2) is 8.78 Å². The van der Waals surface area contributed by atoms with Crippen molar-refractivity contribution in [2.24, 2.45) is 0 Å². The van der Waals surface area contributed by atoms with E-state index in [9.17, 15) is 13.6 Å². The quantitative estimate of drug-likeness (QED) is 0.382. The number of likely N-dealkylation sites (tertiary alicyclic amines) is 1. The Bertz CT molecular complexity index is 1170. The zero-order valence-corrected chi connectivity index (χ0v) is 20.9. The molecule has 1 amide bonds. The topological polar surface area (TPSA) is 32.3 Å². The lowest BCUT2D eigenvalue weighted by molar-refractivity contribution is -0.128. The summed E-state index contributed by atoms with van der Waals surface area (Å²) in [4.78, 5) is 15.0. The summed E-state index contributed by atoms with van der Waals surface area (Å²) in [5.41, 5.74) is 5.29. The van der Waals surface area contributed by atoms with Crippen molar-refractivity contribution in [3.05, 3.63) is 112 Å². The van der Waals surface area contributed by atoms with Gasteiger partial charge in [-0.05, 0) is 65.4 Å². The Morgan fingerprint density at radius 3 is 2.14 bits per heavy atom. The molecule has 6 heteroatoms. The molecule has 1 fully saturated rings. The van der Waals surface area contributed by atoms with Gasteiger partial charge in [0.05, 0.1) is 5.25 Å². The molecule has 3 nitrogen and oxygen atoms in total. The van der Waals surface area contributed by atoms with Crippen molar-refractivity contribution in [2.45, 2.75) is 30.6 Å². The summed E-state index contributed by atoms with van der Waals surface area (Å²) < 4.78 is 26.9. The first-order valence-electron chi connectivity index (χ1n) is 12.5. The summed E-state index contributed by atoms with van der Waals surface area (Å²) in [6.07, 6.45) is 4.65. The first-order valence-corrected chi connectivity index (χ1v) is 13.6. The molecule has 0 bridgehead atoms.